The number of hydrogen-bond donors (Lipinski definition) is 2. The third kappa shape index (κ3) is 5.62. The van der Waals surface area contributed by atoms with Crippen LogP contribution in [0.5, 0.6) is 11.5 Å². The number of nitrogens with zero attached hydrogens (tertiary/aromatic N) is 1. The lowest BCUT2D eigenvalue weighted by Crippen LogP contribution is -3.06. The van der Waals surface area contributed by atoms with Crippen molar-refractivity contribution in [1.29, 1.82) is 0 Å². The first-order valence-electron chi connectivity index (χ1n) is 8.68. The van der Waals surface area contributed by atoms with Crippen molar-refractivity contribution in [2.24, 2.45) is 0 Å². The molecule has 0 amide bonds. The summed E-state index contributed by atoms with van der Waals surface area (Å²) in [4.78, 5) is 11.7. The Morgan fingerprint density at radius 3 is 2.57 bits per heavy atom. The Hall–Kier alpha value is -2.75. The van der Waals surface area contributed by atoms with E-state index in [-0.39, 0.29) is 17.2 Å². The average molecular weight is 406 g/mol. The SMILES string of the molecule is C=CCc1ccccc1Oc1ccc(S(=O)(=O)NCC[NH+](C)C)cc1[N+](=O)[O-]. The summed E-state index contributed by atoms with van der Waals surface area (Å²) in [6.07, 6.45) is 2.24. The standard InChI is InChI=1S/C19H23N3O5S/c1-4-7-15-8-5-6-9-18(15)27-19-11-10-16(14-17(19)22(23)24)28(25,26)20-12-13-21(2)3/h4-6,8-11,14,20H,1,7,12-13H2,2-3H3/p+1. The van der Waals surface area contributed by atoms with E-state index in [0.717, 1.165) is 16.5 Å². The lowest BCUT2D eigenvalue weighted by atomic mass is 10.1. The van der Waals surface area contributed by atoms with E-state index in [1.54, 1.807) is 18.2 Å². The molecule has 0 bridgehead atoms. The summed E-state index contributed by atoms with van der Waals surface area (Å²) in [6.45, 7) is 4.50. The molecule has 2 aromatic carbocycles. The molecule has 0 aromatic heterocycles. The van der Waals surface area contributed by atoms with Gasteiger partial charge in [-0.2, -0.15) is 0 Å². The van der Waals surface area contributed by atoms with Crippen molar-refractivity contribution >= 4 is 15.7 Å². The zero-order valence-corrected chi connectivity index (χ0v) is 16.7. The first-order valence-corrected chi connectivity index (χ1v) is 10.2. The van der Waals surface area contributed by atoms with Gasteiger partial charge in [0.2, 0.25) is 15.8 Å². The fraction of sp³-hybridized carbons (Fsp3) is 0.263. The minimum Gasteiger partial charge on any atom is -0.450 e. The monoisotopic (exact) mass is 406 g/mol. The second kappa shape index (κ2) is 9.45. The van der Waals surface area contributed by atoms with Gasteiger partial charge in [-0.25, -0.2) is 13.1 Å². The van der Waals surface area contributed by atoms with Crippen LogP contribution in [0.15, 0.2) is 60.0 Å². The Morgan fingerprint density at radius 2 is 1.93 bits per heavy atom. The number of sulfonamides is 1. The van der Waals surface area contributed by atoms with E-state index >= 15 is 0 Å². The quantitative estimate of drug-likeness (QED) is 0.354. The molecule has 2 rings (SSSR count). The van der Waals surface area contributed by atoms with E-state index in [4.69, 9.17) is 4.74 Å². The molecule has 0 heterocycles. The van der Waals surface area contributed by atoms with Crippen LogP contribution in [0.4, 0.5) is 5.69 Å². The summed E-state index contributed by atoms with van der Waals surface area (Å²) in [5, 5.41) is 11.5. The number of hydrogen-bond acceptors (Lipinski definition) is 5. The maximum Gasteiger partial charge on any atom is 0.312 e. The second-order valence-electron chi connectivity index (χ2n) is 6.44. The van der Waals surface area contributed by atoms with Crippen LogP contribution in [0.25, 0.3) is 0 Å². The van der Waals surface area contributed by atoms with Crippen LogP contribution in [-0.2, 0) is 16.4 Å². The summed E-state index contributed by atoms with van der Waals surface area (Å²) < 4.78 is 33.0. The highest BCUT2D eigenvalue weighted by atomic mass is 32.2. The number of nitrogens with one attached hydrogen (secondary N) is 2. The summed E-state index contributed by atoms with van der Waals surface area (Å²) in [5.41, 5.74) is 0.394. The number of allylic oxidation sites excluding steroid dienone is 1. The van der Waals surface area contributed by atoms with Gasteiger partial charge in [0.05, 0.1) is 37.0 Å². The maximum absolute atomic E-state index is 12.4. The van der Waals surface area contributed by atoms with Crippen molar-refractivity contribution in [3.8, 4) is 11.5 Å². The molecule has 2 N–H and O–H groups in total. The minimum absolute atomic E-state index is 0.0294. The molecule has 0 saturated heterocycles. The summed E-state index contributed by atoms with van der Waals surface area (Å²) in [6, 6.07) is 10.7. The van der Waals surface area contributed by atoms with Gasteiger partial charge in [0.15, 0.2) is 0 Å². The van der Waals surface area contributed by atoms with Crippen molar-refractivity contribution in [2.75, 3.05) is 27.2 Å². The van der Waals surface area contributed by atoms with Gasteiger partial charge >= 0.3 is 5.69 Å². The Balaban J connectivity index is 2.33. The van der Waals surface area contributed by atoms with Crippen LogP contribution in [0.1, 0.15) is 5.56 Å². The van der Waals surface area contributed by atoms with E-state index in [2.05, 4.69) is 11.3 Å². The van der Waals surface area contributed by atoms with Crippen LogP contribution in [0, 0.1) is 10.1 Å². The van der Waals surface area contributed by atoms with Crippen LogP contribution >= 0.6 is 0 Å². The molecule has 0 unspecified atom stereocenters. The Kier molecular flexibility index (Phi) is 7.27. The number of nitro groups is 1. The third-order valence-electron chi connectivity index (χ3n) is 3.91. The van der Waals surface area contributed by atoms with Gasteiger partial charge in [-0.05, 0) is 30.2 Å². The van der Waals surface area contributed by atoms with E-state index in [0.29, 0.717) is 18.7 Å². The van der Waals surface area contributed by atoms with Gasteiger partial charge in [0.1, 0.15) is 5.75 Å². The molecule has 0 aliphatic rings. The van der Waals surface area contributed by atoms with Crippen molar-refractivity contribution in [2.45, 2.75) is 11.3 Å². The Bertz CT molecular complexity index is 958. The topological polar surface area (TPSA) is 103 Å². The summed E-state index contributed by atoms with van der Waals surface area (Å²) in [5.74, 6) is 0.423. The third-order valence-corrected chi connectivity index (χ3v) is 5.37. The van der Waals surface area contributed by atoms with Crippen molar-refractivity contribution in [1.82, 2.24) is 4.72 Å². The van der Waals surface area contributed by atoms with Crippen molar-refractivity contribution < 1.29 is 23.0 Å². The number of likely N-dealkylation sites (N-methyl/N-ethyl adjacent to an activating group) is 1. The average Bonchev–Trinajstić information content (AvgIpc) is 2.63. The van der Waals surface area contributed by atoms with E-state index in [9.17, 15) is 18.5 Å². The number of para-hydroxylation sites is 1. The van der Waals surface area contributed by atoms with E-state index in [1.165, 1.54) is 12.1 Å². The first-order chi connectivity index (χ1) is 13.2. The van der Waals surface area contributed by atoms with Crippen LogP contribution in [0.2, 0.25) is 0 Å². The summed E-state index contributed by atoms with van der Waals surface area (Å²) in [7, 11) is -0.0584. The van der Waals surface area contributed by atoms with Gasteiger partial charge in [0.25, 0.3) is 0 Å². The largest absolute Gasteiger partial charge is 0.450 e. The molecule has 9 heteroatoms. The van der Waals surface area contributed by atoms with Gasteiger partial charge in [-0.1, -0.05) is 24.3 Å². The van der Waals surface area contributed by atoms with Crippen LogP contribution in [-0.4, -0.2) is 40.5 Å². The number of benzene rings is 2. The smallest absolute Gasteiger partial charge is 0.312 e. The van der Waals surface area contributed by atoms with Crippen LogP contribution < -0.4 is 14.4 Å². The first kappa shape index (κ1) is 21.5. The molecule has 0 aliphatic carbocycles. The zero-order valence-electron chi connectivity index (χ0n) is 15.8. The number of quaternary nitrogens is 1. The molecule has 0 fully saturated rings. The lowest BCUT2D eigenvalue weighted by molar-refractivity contribution is -0.856. The number of nitro benzene ring substituents is 1. The van der Waals surface area contributed by atoms with Gasteiger partial charge in [0, 0.05) is 6.07 Å². The zero-order chi connectivity index (χ0) is 20.7. The van der Waals surface area contributed by atoms with Gasteiger partial charge < -0.3 is 9.64 Å². The maximum atomic E-state index is 12.4. The fourth-order valence-corrected chi connectivity index (χ4v) is 3.51. The Morgan fingerprint density at radius 1 is 1.21 bits per heavy atom. The molecule has 0 radical (unpaired) electrons. The van der Waals surface area contributed by atoms with Gasteiger partial charge in [-0.15, -0.1) is 6.58 Å². The molecule has 0 aliphatic heterocycles. The predicted octanol–water partition coefficient (Wildman–Crippen LogP) is 1.54. The highest BCUT2D eigenvalue weighted by Crippen LogP contribution is 2.34. The molecule has 150 valence electrons. The fourth-order valence-electron chi connectivity index (χ4n) is 2.46. The van der Waals surface area contributed by atoms with Crippen molar-refractivity contribution in [3.63, 3.8) is 0 Å². The van der Waals surface area contributed by atoms with Gasteiger partial charge in [-0.3, -0.25) is 10.1 Å². The van der Waals surface area contributed by atoms with E-state index in [1.807, 2.05) is 26.2 Å². The highest BCUT2D eigenvalue weighted by Gasteiger charge is 2.23. The normalized spacial score (nSPS) is 11.4. The molecule has 2 aromatic rings. The molecule has 0 saturated carbocycles. The summed E-state index contributed by atoms with van der Waals surface area (Å²) >= 11 is 0. The van der Waals surface area contributed by atoms with Crippen LogP contribution in [0.3, 0.4) is 0 Å². The second-order valence-corrected chi connectivity index (χ2v) is 8.21. The molecule has 28 heavy (non-hydrogen) atoms. The van der Waals surface area contributed by atoms with E-state index < -0.39 is 20.6 Å². The molecule has 8 nitrogen and oxygen atoms in total. The predicted molar refractivity (Wildman–Crippen MR) is 106 cm³/mol. The van der Waals surface area contributed by atoms with Crippen molar-refractivity contribution in [3.05, 3.63) is 70.8 Å². The molecular formula is C19H24N3O5S+. The Labute approximate surface area is 164 Å². The molecular weight excluding hydrogens is 382 g/mol. The highest BCUT2D eigenvalue weighted by molar-refractivity contribution is 7.89. The number of ether oxygens (including phenoxy) is 1. The molecule has 0 atom stereocenters. The molecule has 0 spiro atoms. The lowest BCUT2D eigenvalue weighted by Gasteiger charge is -2.12. The minimum atomic E-state index is -3.85. The number of rotatable bonds is 10.